The zero-order chi connectivity index (χ0) is 14.5. The molecule has 0 aliphatic carbocycles. The van der Waals surface area contributed by atoms with E-state index in [9.17, 15) is 14.4 Å². The lowest BCUT2D eigenvalue weighted by molar-refractivity contribution is -0.139. The van der Waals surface area contributed by atoms with Gasteiger partial charge in [0.15, 0.2) is 0 Å². The smallest absolute Gasteiger partial charge is 0.303 e. The molecule has 1 saturated heterocycles. The number of amides is 2. The molecule has 20 heavy (non-hydrogen) atoms. The number of carbonyl (C=O) groups excluding carboxylic acids is 2. The summed E-state index contributed by atoms with van der Waals surface area (Å²) in [5.41, 5.74) is 0.955. The van der Waals surface area contributed by atoms with Crippen LogP contribution in [0.1, 0.15) is 18.4 Å². The van der Waals surface area contributed by atoms with Crippen LogP contribution < -0.4 is 10.6 Å². The predicted molar refractivity (Wildman–Crippen MR) is 70.9 cm³/mol. The van der Waals surface area contributed by atoms with Gasteiger partial charge in [-0.2, -0.15) is 0 Å². The molecule has 2 amide bonds. The average Bonchev–Trinajstić information content (AvgIpc) is 2.42. The van der Waals surface area contributed by atoms with Gasteiger partial charge in [0.25, 0.3) is 0 Å². The van der Waals surface area contributed by atoms with Crippen LogP contribution in [0.25, 0.3) is 0 Å². The van der Waals surface area contributed by atoms with E-state index in [0.29, 0.717) is 6.42 Å². The Kier molecular flexibility index (Phi) is 4.34. The largest absolute Gasteiger partial charge is 0.481 e. The molecule has 3 N–H and O–H groups in total. The van der Waals surface area contributed by atoms with Gasteiger partial charge < -0.3 is 15.7 Å². The average molecular weight is 276 g/mol. The van der Waals surface area contributed by atoms with Crippen LogP contribution in [0, 0.1) is 0 Å². The molecule has 1 fully saturated rings. The van der Waals surface area contributed by atoms with Crippen molar-refractivity contribution in [3.8, 4) is 0 Å². The minimum absolute atomic E-state index is 0.102. The van der Waals surface area contributed by atoms with Crippen molar-refractivity contribution in [2.75, 3.05) is 0 Å². The molecule has 0 saturated carbocycles. The molecular formula is C14H16N2O4. The molecule has 106 valence electrons. The lowest BCUT2D eigenvalue weighted by atomic mass is 10.0. The quantitative estimate of drug-likeness (QED) is 0.709. The van der Waals surface area contributed by atoms with Crippen molar-refractivity contribution in [1.82, 2.24) is 10.6 Å². The van der Waals surface area contributed by atoms with Crippen LogP contribution in [0.4, 0.5) is 0 Å². The first kappa shape index (κ1) is 14.0. The van der Waals surface area contributed by atoms with E-state index in [2.05, 4.69) is 10.6 Å². The van der Waals surface area contributed by atoms with E-state index in [1.54, 1.807) is 0 Å². The second-order valence-corrected chi connectivity index (χ2v) is 4.74. The second-order valence-electron chi connectivity index (χ2n) is 4.74. The number of nitrogens with one attached hydrogen (secondary N) is 2. The second kappa shape index (κ2) is 6.18. The zero-order valence-electron chi connectivity index (χ0n) is 10.8. The molecule has 1 aliphatic heterocycles. The first-order valence-electron chi connectivity index (χ1n) is 6.42. The van der Waals surface area contributed by atoms with Crippen LogP contribution >= 0.6 is 0 Å². The van der Waals surface area contributed by atoms with Gasteiger partial charge in [0, 0.05) is 12.8 Å². The maximum absolute atomic E-state index is 11.9. The Bertz CT molecular complexity index is 515. The van der Waals surface area contributed by atoms with Crippen molar-refractivity contribution in [2.24, 2.45) is 0 Å². The fourth-order valence-electron chi connectivity index (χ4n) is 2.14. The normalized spacial score (nSPS) is 22.0. The van der Waals surface area contributed by atoms with Crippen molar-refractivity contribution in [3.05, 3.63) is 35.9 Å². The standard InChI is InChI=1S/C14H16N2O4/c17-12(18)7-6-10-13(19)16-11(14(20)15-10)8-9-4-2-1-3-5-9/h1-5,10-11H,6-8H2,(H,15,20)(H,16,19)(H,17,18)/t10-,11-/m0/s1. The molecular weight excluding hydrogens is 260 g/mol. The van der Waals surface area contributed by atoms with Crippen molar-refractivity contribution in [2.45, 2.75) is 31.3 Å². The molecule has 0 bridgehead atoms. The number of hydrogen-bond donors (Lipinski definition) is 3. The molecule has 1 aromatic rings. The maximum atomic E-state index is 11.9. The number of rotatable bonds is 5. The summed E-state index contributed by atoms with van der Waals surface area (Å²) < 4.78 is 0. The summed E-state index contributed by atoms with van der Waals surface area (Å²) in [6.45, 7) is 0. The summed E-state index contributed by atoms with van der Waals surface area (Å²) in [6.07, 6.45) is 0.372. The van der Waals surface area contributed by atoms with E-state index in [1.807, 2.05) is 30.3 Å². The molecule has 0 unspecified atom stereocenters. The number of carbonyl (C=O) groups is 3. The Morgan fingerprint density at radius 1 is 1.05 bits per heavy atom. The van der Waals surface area contributed by atoms with Gasteiger partial charge in [0.2, 0.25) is 11.8 Å². The summed E-state index contributed by atoms with van der Waals surface area (Å²) in [5.74, 6) is -1.59. The van der Waals surface area contributed by atoms with Gasteiger partial charge in [0.1, 0.15) is 12.1 Å². The molecule has 2 rings (SSSR count). The summed E-state index contributed by atoms with van der Waals surface area (Å²) in [7, 11) is 0. The minimum atomic E-state index is -0.988. The fraction of sp³-hybridized carbons (Fsp3) is 0.357. The SMILES string of the molecule is O=C(O)CC[C@@H]1NC(=O)[C@H](Cc2ccccc2)NC1=O. The van der Waals surface area contributed by atoms with Gasteiger partial charge in [-0.15, -0.1) is 0 Å². The van der Waals surface area contributed by atoms with E-state index in [0.717, 1.165) is 5.56 Å². The van der Waals surface area contributed by atoms with E-state index in [1.165, 1.54) is 0 Å². The van der Waals surface area contributed by atoms with Gasteiger partial charge in [-0.1, -0.05) is 30.3 Å². The third-order valence-corrected chi connectivity index (χ3v) is 3.20. The number of piperazine rings is 1. The summed E-state index contributed by atoms with van der Waals surface area (Å²) in [5, 5.41) is 13.8. The molecule has 6 heteroatoms. The van der Waals surface area contributed by atoms with Gasteiger partial charge >= 0.3 is 5.97 Å². The third-order valence-electron chi connectivity index (χ3n) is 3.20. The Hall–Kier alpha value is -2.37. The van der Waals surface area contributed by atoms with Crippen LogP contribution in [0.3, 0.4) is 0 Å². The van der Waals surface area contributed by atoms with E-state index >= 15 is 0 Å². The maximum Gasteiger partial charge on any atom is 0.303 e. The van der Waals surface area contributed by atoms with Crippen LogP contribution in [0.15, 0.2) is 30.3 Å². The lowest BCUT2D eigenvalue weighted by Gasteiger charge is -2.29. The third kappa shape index (κ3) is 3.57. The molecule has 1 aromatic carbocycles. The van der Waals surface area contributed by atoms with Crippen LogP contribution in [0.2, 0.25) is 0 Å². The highest BCUT2D eigenvalue weighted by Crippen LogP contribution is 2.09. The summed E-state index contributed by atoms with van der Waals surface area (Å²) in [4.78, 5) is 34.3. The molecule has 6 nitrogen and oxygen atoms in total. The summed E-state index contributed by atoms with van der Waals surface area (Å²) in [6, 6.07) is 8.02. The first-order valence-corrected chi connectivity index (χ1v) is 6.42. The molecule has 0 radical (unpaired) electrons. The molecule has 1 aliphatic rings. The Morgan fingerprint density at radius 3 is 2.30 bits per heavy atom. The minimum Gasteiger partial charge on any atom is -0.481 e. The highest BCUT2D eigenvalue weighted by atomic mass is 16.4. The molecule has 0 aromatic heterocycles. The Labute approximate surface area is 116 Å². The molecule has 0 spiro atoms. The van der Waals surface area contributed by atoms with Crippen molar-refractivity contribution < 1.29 is 19.5 Å². The molecule has 1 heterocycles. The van der Waals surface area contributed by atoms with Crippen LogP contribution in [-0.4, -0.2) is 35.0 Å². The fourth-order valence-corrected chi connectivity index (χ4v) is 2.14. The summed E-state index contributed by atoms with van der Waals surface area (Å²) >= 11 is 0. The van der Waals surface area contributed by atoms with Gasteiger partial charge in [-0.3, -0.25) is 14.4 Å². The van der Waals surface area contributed by atoms with E-state index in [4.69, 9.17) is 5.11 Å². The van der Waals surface area contributed by atoms with E-state index in [-0.39, 0.29) is 24.7 Å². The van der Waals surface area contributed by atoms with E-state index < -0.39 is 18.1 Å². The van der Waals surface area contributed by atoms with Crippen molar-refractivity contribution in [3.63, 3.8) is 0 Å². The number of hydrogen-bond acceptors (Lipinski definition) is 3. The predicted octanol–water partition coefficient (Wildman–Crippen LogP) is 0.0771. The number of benzene rings is 1. The van der Waals surface area contributed by atoms with Crippen LogP contribution in [0.5, 0.6) is 0 Å². The lowest BCUT2D eigenvalue weighted by Crippen LogP contribution is -2.62. The van der Waals surface area contributed by atoms with Gasteiger partial charge in [-0.05, 0) is 12.0 Å². The highest BCUT2D eigenvalue weighted by molar-refractivity contribution is 5.97. The number of carboxylic acid groups (broad SMARTS) is 1. The van der Waals surface area contributed by atoms with Gasteiger partial charge in [-0.25, -0.2) is 0 Å². The van der Waals surface area contributed by atoms with Crippen molar-refractivity contribution in [1.29, 1.82) is 0 Å². The van der Waals surface area contributed by atoms with Crippen LogP contribution in [-0.2, 0) is 20.8 Å². The first-order chi connectivity index (χ1) is 9.56. The Balaban J connectivity index is 1.94. The van der Waals surface area contributed by atoms with Gasteiger partial charge in [0.05, 0.1) is 0 Å². The topological polar surface area (TPSA) is 95.5 Å². The molecule has 2 atom stereocenters. The number of carboxylic acids is 1. The monoisotopic (exact) mass is 276 g/mol. The number of aliphatic carboxylic acids is 1. The van der Waals surface area contributed by atoms with Crippen molar-refractivity contribution >= 4 is 17.8 Å². The zero-order valence-corrected chi connectivity index (χ0v) is 10.8. The Morgan fingerprint density at radius 2 is 1.65 bits per heavy atom. The highest BCUT2D eigenvalue weighted by Gasteiger charge is 2.33.